The maximum Gasteiger partial charge on any atom is 0.229 e. The van der Waals surface area contributed by atoms with E-state index < -0.39 is 13.6 Å². The van der Waals surface area contributed by atoms with Gasteiger partial charge in [-0.05, 0) is 24.6 Å². The molecule has 0 unspecified atom stereocenters. The van der Waals surface area contributed by atoms with E-state index in [0.29, 0.717) is 11.4 Å². The van der Waals surface area contributed by atoms with Crippen molar-refractivity contribution in [3.8, 4) is 0 Å². The van der Waals surface area contributed by atoms with Crippen LogP contribution in [0, 0.1) is 6.92 Å². The van der Waals surface area contributed by atoms with Gasteiger partial charge >= 0.3 is 0 Å². The molecule has 4 heteroatoms. The fourth-order valence-electron chi connectivity index (χ4n) is 1.27. The zero-order chi connectivity index (χ0) is 15.3. The molecule has 0 amide bonds. The predicted molar refractivity (Wildman–Crippen MR) is 77.0 cm³/mol. The summed E-state index contributed by atoms with van der Waals surface area (Å²) in [5, 5.41) is 0. The van der Waals surface area contributed by atoms with E-state index in [1.165, 1.54) is 6.42 Å². The second kappa shape index (κ2) is 12.9. The van der Waals surface area contributed by atoms with E-state index >= 15 is 0 Å². The molecule has 1 nitrogen and oxygen atoms in total. The molecule has 19 heavy (non-hydrogen) atoms. The van der Waals surface area contributed by atoms with Crippen LogP contribution in [0.4, 0.5) is 13.2 Å². The van der Waals surface area contributed by atoms with Crippen LogP contribution in [-0.2, 0) is 6.67 Å². The SMILES string of the molecule is C=Cc1nc(CF)cc(C)c1C=C.CCC.FCF. The number of rotatable bonds is 3. The van der Waals surface area contributed by atoms with E-state index in [9.17, 15) is 13.2 Å². The number of alkyl halides is 3. The van der Waals surface area contributed by atoms with Gasteiger partial charge in [0.2, 0.25) is 6.93 Å². The standard InChI is InChI=1S/C11H12FN.C3H8.CH2F2/c1-4-10-8(3)6-9(7-12)13-11(10)5-2;1-3-2;2-1-3/h4-6H,1-2,7H2,3H3;3H2,1-2H3;1H2. The Morgan fingerprint density at radius 3 is 1.95 bits per heavy atom. The molecule has 0 spiro atoms. The van der Waals surface area contributed by atoms with Crippen LogP contribution in [0.5, 0.6) is 0 Å². The number of halogens is 3. The summed E-state index contributed by atoms with van der Waals surface area (Å²) in [5.41, 5.74) is 3.04. The number of hydrogen-bond donors (Lipinski definition) is 0. The molecule has 0 saturated carbocycles. The molecule has 0 radical (unpaired) electrons. The van der Waals surface area contributed by atoms with Gasteiger partial charge in [0.05, 0.1) is 11.4 Å². The van der Waals surface area contributed by atoms with Crippen LogP contribution in [0.25, 0.3) is 12.2 Å². The second-order valence-electron chi connectivity index (χ2n) is 3.58. The van der Waals surface area contributed by atoms with Gasteiger partial charge in [-0.25, -0.2) is 13.2 Å². The molecular weight excluding hydrogens is 251 g/mol. The van der Waals surface area contributed by atoms with Crippen molar-refractivity contribution in [1.29, 1.82) is 0 Å². The molecule has 0 aliphatic rings. The lowest BCUT2D eigenvalue weighted by molar-refractivity contribution is 0.295. The van der Waals surface area contributed by atoms with Crippen LogP contribution in [0.2, 0.25) is 0 Å². The van der Waals surface area contributed by atoms with Crippen molar-refractivity contribution in [1.82, 2.24) is 4.98 Å². The van der Waals surface area contributed by atoms with Gasteiger partial charge in [-0.2, -0.15) is 0 Å². The zero-order valence-corrected chi connectivity index (χ0v) is 11.8. The van der Waals surface area contributed by atoms with Crippen LogP contribution >= 0.6 is 0 Å². The summed E-state index contributed by atoms with van der Waals surface area (Å²) in [6.45, 7) is 11.2. The molecule has 108 valence electrons. The molecule has 0 bridgehead atoms. The minimum Gasteiger partial charge on any atom is -0.250 e. The van der Waals surface area contributed by atoms with Crippen LogP contribution in [0.1, 0.15) is 42.8 Å². The van der Waals surface area contributed by atoms with Crippen LogP contribution in [0.15, 0.2) is 19.2 Å². The molecule has 0 aliphatic heterocycles. The summed E-state index contributed by atoms with van der Waals surface area (Å²) >= 11 is 0. The molecule has 1 aromatic heterocycles. The number of aryl methyl sites for hydroxylation is 1. The van der Waals surface area contributed by atoms with Gasteiger partial charge in [0, 0.05) is 5.56 Å². The van der Waals surface area contributed by atoms with Crippen LogP contribution in [0.3, 0.4) is 0 Å². The van der Waals surface area contributed by atoms with E-state index in [2.05, 4.69) is 32.0 Å². The quantitative estimate of drug-likeness (QED) is 0.714. The van der Waals surface area contributed by atoms with Crippen molar-refractivity contribution < 1.29 is 13.2 Å². The fraction of sp³-hybridized carbons (Fsp3) is 0.400. The van der Waals surface area contributed by atoms with Gasteiger partial charge in [-0.15, -0.1) is 0 Å². The Kier molecular flexibility index (Phi) is 13.4. The van der Waals surface area contributed by atoms with Crippen LogP contribution < -0.4 is 0 Å². The summed E-state index contributed by atoms with van der Waals surface area (Å²) < 4.78 is 31.6. The van der Waals surface area contributed by atoms with Crippen molar-refractivity contribution in [2.45, 2.75) is 33.9 Å². The third-order valence-corrected chi connectivity index (χ3v) is 1.88. The largest absolute Gasteiger partial charge is 0.250 e. The first kappa shape index (κ1) is 19.8. The van der Waals surface area contributed by atoms with E-state index in [4.69, 9.17) is 0 Å². The van der Waals surface area contributed by atoms with Crippen molar-refractivity contribution in [2.75, 3.05) is 6.93 Å². The number of hydrogen-bond acceptors (Lipinski definition) is 1. The Morgan fingerprint density at radius 1 is 1.16 bits per heavy atom. The van der Waals surface area contributed by atoms with Gasteiger partial charge in [-0.3, -0.25) is 4.98 Å². The van der Waals surface area contributed by atoms with Gasteiger partial charge in [-0.1, -0.05) is 39.5 Å². The molecule has 0 aliphatic carbocycles. The van der Waals surface area contributed by atoms with Gasteiger partial charge in [0.15, 0.2) is 0 Å². The Balaban J connectivity index is 0. The topological polar surface area (TPSA) is 12.9 Å². The zero-order valence-electron chi connectivity index (χ0n) is 11.8. The summed E-state index contributed by atoms with van der Waals surface area (Å²) in [6.07, 6.45) is 4.57. The summed E-state index contributed by atoms with van der Waals surface area (Å²) in [4.78, 5) is 4.08. The average Bonchev–Trinajstić information content (AvgIpc) is 2.39. The lowest BCUT2D eigenvalue weighted by Crippen LogP contribution is -1.95. The first-order chi connectivity index (χ1) is 9.05. The van der Waals surface area contributed by atoms with Crippen molar-refractivity contribution in [3.05, 3.63) is 41.7 Å². The van der Waals surface area contributed by atoms with Gasteiger partial charge in [0.1, 0.15) is 6.67 Å². The van der Waals surface area contributed by atoms with Gasteiger partial charge < -0.3 is 0 Å². The molecule has 0 atom stereocenters. The second-order valence-corrected chi connectivity index (χ2v) is 3.58. The highest BCUT2D eigenvalue weighted by Gasteiger charge is 2.04. The highest BCUT2D eigenvalue weighted by Crippen LogP contribution is 2.16. The first-order valence-corrected chi connectivity index (χ1v) is 5.99. The van der Waals surface area contributed by atoms with Crippen molar-refractivity contribution in [3.63, 3.8) is 0 Å². The minimum atomic E-state index is -1.75. The third kappa shape index (κ3) is 8.19. The minimum absolute atomic E-state index is 0.443. The fourth-order valence-corrected chi connectivity index (χ4v) is 1.27. The molecule has 0 saturated heterocycles. The Morgan fingerprint density at radius 2 is 1.63 bits per heavy atom. The smallest absolute Gasteiger partial charge is 0.229 e. The average molecular weight is 273 g/mol. The number of aromatic nitrogens is 1. The Hall–Kier alpha value is -1.58. The molecule has 1 rings (SSSR count). The normalized spacial score (nSPS) is 8.53. The lowest BCUT2D eigenvalue weighted by atomic mass is 10.1. The van der Waals surface area contributed by atoms with E-state index in [1.807, 2.05) is 6.92 Å². The molecule has 0 N–H and O–H groups in total. The number of nitrogens with zero attached hydrogens (tertiary/aromatic N) is 1. The highest BCUT2D eigenvalue weighted by atomic mass is 19.3. The molecule has 0 fully saturated rings. The summed E-state index contributed by atoms with van der Waals surface area (Å²) in [6, 6.07) is 1.73. The lowest BCUT2D eigenvalue weighted by Gasteiger charge is -2.06. The Labute approximate surface area is 113 Å². The molecule has 1 aromatic rings. The third-order valence-electron chi connectivity index (χ3n) is 1.88. The number of pyridine rings is 1. The molecular formula is C15H22F3N. The van der Waals surface area contributed by atoms with Gasteiger partial charge in [0.25, 0.3) is 0 Å². The predicted octanol–water partition coefficient (Wildman–Crippen LogP) is 5.44. The van der Waals surface area contributed by atoms with Crippen LogP contribution in [-0.4, -0.2) is 11.9 Å². The van der Waals surface area contributed by atoms with Crippen molar-refractivity contribution in [2.24, 2.45) is 0 Å². The molecule has 0 aromatic carbocycles. The maximum atomic E-state index is 12.3. The van der Waals surface area contributed by atoms with E-state index in [-0.39, 0.29) is 0 Å². The van der Waals surface area contributed by atoms with Crippen molar-refractivity contribution >= 4 is 12.2 Å². The monoisotopic (exact) mass is 273 g/mol. The summed E-state index contributed by atoms with van der Waals surface area (Å²) in [5.74, 6) is 0. The first-order valence-electron chi connectivity index (χ1n) is 5.99. The maximum absolute atomic E-state index is 12.3. The highest BCUT2D eigenvalue weighted by molar-refractivity contribution is 5.63. The van der Waals surface area contributed by atoms with E-state index in [0.717, 1.165) is 11.1 Å². The summed E-state index contributed by atoms with van der Waals surface area (Å²) in [7, 11) is 0. The Bertz CT molecular complexity index is 374. The van der Waals surface area contributed by atoms with E-state index in [1.54, 1.807) is 18.2 Å². The molecule has 1 heterocycles.